The zero-order chi connectivity index (χ0) is 20.4. The number of nitrogens with zero attached hydrogens (tertiary/aromatic N) is 4. The Kier molecular flexibility index (Phi) is 5.30. The van der Waals surface area contributed by atoms with Gasteiger partial charge in [0.25, 0.3) is 5.56 Å². The number of nitriles is 1. The molecule has 29 heavy (non-hydrogen) atoms. The van der Waals surface area contributed by atoms with Gasteiger partial charge in [-0.25, -0.2) is 9.67 Å². The van der Waals surface area contributed by atoms with E-state index in [0.29, 0.717) is 39.7 Å². The molecular weight excluding hydrogens is 412 g/mol. The zero-order valence-electron chi connectivity index (χ0n) is 15.3. The fraction of sp³-hybridized carbons (Fsp3) is 0.316. The van der Waals surface area contributed by atoms with Crippen molar-refractivity contribution in [2.24, 2.45) is 0 Å². The van der Waals surface area contributed by atoms with Gasteiger partial charge in [-0.3, -0.25) is 9.59 Å². The SMILES string of the molecule is N#CC1(NC(=O)CSc2nc3c(cnn3-c3cccc(Cl)c3)c(=O)[nH]2)CCCC1. The van der Waals surface area contributed by atoms with Crippen LogP contribution in [-0.2, 0) is 4.79 Å². The van der Waals surface area contributed by atoms with Crippen molar-refractivity contribution >= 4 is 40.3 Å². The average Bonchev–Trinajstić information content (AvgIpc) is 3.34. The normalized spacial score (nSPS) is 15.3. The first-order chi connectivity index (χ1) is 14.0. The number of rotatable bonds is 5. The number of carbonyl (C=O) groups excluding carboxylic acids is 1. The lowest BCUT2D eigenvalue weighted by atomic mass is 10.0. The van der Waals surface area contributed by atoms with Gasteiger partial charge in [0.1, 0.15) is 10.9 Å². The highest BCUT2D eigenvalue weighted by Gasteiger charge is 2.35. The van der Waals surface area contributed by atoms with E-state index < -0.39 is 5.54 Å². The molecule has 0 spiro atoms. The number of fused-ring (bicyclic) bond motifs is 1. The highest BCUT2D eigenvalue weighted by molar-refractivity contribution is 7.99. The minimum absolute atomic E-state index is 0.0448. The Labute approximate surface area is 175 Å². The summed E-state index contributed by atoms with van der Waals surface area (Å²) in [6.45, 7) is 0. The molecule has 0 unspecified atom stereocenters. The molecular formula is C19H17ClN6O2S. The molecule has 0 atom stereocenters. The Morgan fingerprint density at radius 2 is 2.21 bits per heavy atom. The van der Waals surface area contributed by atoms with Gasteiger partial charge in [-0.15, -0.1) is 0 Å². The van der Waals surface area contributed by atoms with Crippen molar-refractivity contribution in [3.8, 4) is 11.8 Å². The van der Waals surface area contributed by atoms with Crippen LogP contribution in [0.2, 0.25) is 5.02 Å². The number of H-pyrrole nitrogens is 1. The van der Waals surface area contributed by atoms with Crippen molar-refractivity contribution < 1.29 is 4.79 Å². The summed E-state index contributed by atoms with van der Waals surface area (Å²) in [4.78, 5) is 31.9. The molecule has 2 aromatic heterocycles. The van der Waals surface area contributed by atoms with Crippen molar-refractivity contribution in [2.75, 3.05) is 5.75 Å². The van der Waals surface area contributed by atoms with Gasteiger partial charge < -0.3 is 10.3 Å². The molecule has 1 amide bonds. The first kappa shape index (κ1) is 19.5. The molecule has 3 aromatic rings. The van der Waals surface area contributed by atoms with Gasteiger partial charge in [-0.05, 0) is 43.9 Å². The second-order valence-electron chi connectivity index (χ2n) is 6.88. The third-order valence-electron chi connectivity index (χ3n) is 4.86. The summed E-state index contributed by atoms with van der Waals surface area (Å²) in [5.41, 5.74) is -0.0525. The van der Waals surface area contributed by atoms with Gasteiger partial charge in [0.15, 0.2) is 10.8 Å². The van der Waals surface area contributed by atoms with E-state index in [1.807, 2.05) is 6.07 Å². The Balaban J connectivity index is 1.55. The number of benzene rings is 1. The molecule has 1 aliphatic carbocycles. The van der Waals surface area contributed by atoms with Crippen molar-refractivity contribution in [3.05, 3.63) is 45.8 Å². The summed E-state index contributed by atoms with van der Waals surface area (Å²) in [5.74, 6) is -0.215. The average molecular weight is 429 g/mol. The van der Waals surface area contributed by atoms with Crippen molar-refractivity contribution in [2.45, 2.75) is 36.4 Å². The molecule has 1 aliphatic rings. The van der Waals surface area contributed by atoms with Gasteiger partial charge in [0.2, 0.25) is 5.91 Å². The minimum Gasteiger partial charge on any atom is -0.337 e. The Morgan fingerprint density at radius 3 is 2.93 bits per heavy atom. The highest BCUT2D eigenvalue weighted by Crippen LogP contribution is 2.29. The van der Waals surface area contributed by atoms with Gasteiger partial charge in [0.05, 0.1) is 23.7 Å². The first-order valence-electron chi connectivity index (χ1n) is 9.09. The van der Waals surface area contributed by atoms with E-state index in [1.54, 1.807) is 18.2 Å². The van der Waals surface area contributed by atoms with Crippen LogP contribution in [0.4, 0.5) is 0 Å². The predicted molar refractivity (Wildman–Crippen MR) is 110 cm³/mol. The van der Waals surface area contributed by atoms with Crippen LogP contribution >= 0.6 is 23.4 Å². The number of hydrogen-bond acceptors (Lipinski definition) is 6. The lowest BCUT2D eigenvalue weighted by molar-refractivity contribution is -0.119. The Hall–Kier alpha value is -2.83. The second kappa shape index (κ2) is 7.89. The van der Waals surface area contributed by atoms with Crippen LogP contribution in [-0.4, -0.2) is 36.9 Å². The molecule has 2 heterocycles. The van der Waals surface area contributed by atoms with Gasteiger partial charge in [0, 0.05) is 5.02 Å². The van der Waals surface area contributed by atoms with Crippen LogP contribution in [0.5, 0.6) is 0 Å². The van der Waals surface area contributed by atoms with Gasteiger partial charge in [-0.2, -0.15) is 10.4 Å². The minimum atomic E-state index is -0.770. The number of carbonyl (C=O) groups is 1. The van der Waals surface area contributed by atoms with E-state index in [-0.39, 0.29) is 17.2 Å². The van der Waals surface area contributed by atoms with E-state index in [4.69, 9.17) is 11.6 Å². The number of amides is 1. The van der Waals surface area contributed by atoms with Crippen molar-refractivity contribution in [1.29, 1.82) is 5.26 Å². The van der Waals surface area contributed by atoms with Crippen LogP contribution in [0.15, 0.2) is 40.4 Å². The molecule has 1 fully saturated rings. The van der Waals surface area contributed by atoms with Crippen LogP contribution in [0, 0.1) is 11.3 Å². The number of aromatic amines is 1. The molecule has 0 aliphatic heterocycles. The number of aromatic nitrogens is 4. The third kappa shape index (κ3) is 3.99. The predicted octanol–water partition coefficient (Wildman–Crippen LogP) is 2.81. The molecule has 0 bridgehead atoms. The van der Waals surface area contributed by atoms with Crippen molar-refractivity contribution in [1.82, 2.24) is 25.1 Å². The molecule has 8 nitrogen and oxygen atoms in total. The second-order valence-corrected chi connectivity index (χ2v) is 8.28. The molecule has 0 saturated heterocycles. The van der Waals surface area contributed by atoms with E-state index in [0.717, 1.165) is 24.6 Å². The van der Waals surface area contributed by atoms with E-state index in [1.165, 1.54) is 10.9 Å². The van der Waals surface area contributed by atoms with E-state index in [9.17, 15) is 14.9 Å². The summed E-state index contributed by atoms with van der Waals surface area (Å²) in [5, 5.41) is 17.7. The van der Waals surface area contributed by atoms with E-state index >= 15 is 0 Å². The third-order valence-corrected chi connectivity index (χ3v) is 5.97. The number of thioether (sulfide) groups is 1. The smallest absolute Gasteiger partial charge is 0.262 e. The van der Waals surface area contributed by atoms with Crippen molar-refractivity contribution in [3.63, 3.8) is 0 Å². The first-order valence-corrected chi connectivity index (χ1v) is 10.5. The molecule has 10 heteroatoms. The number of hydrogen-bond donors (Lipinski definition) is 2. The fourth-order valence-electron chi connectivity index (χ4n) is 3.44. The number of halogens is 1. The Morgan fingerprint density at radius 1 is 1.41 bits per heavy atom. The maximum Gasteiger partial charge on any atom is 0.262 e. The lowest BCUT2D eigenvalue weighted by Crippen LogP contribution is -2.45. The van der Waals surface area contributed by atoms with Gasteiger partial charge in [-0.1, -0.05) is 29.4 Å². The largest absolute Gasteiger partial charge is 0.337 e. The summed E-state index contributed by atoms with van der Waals surface area (Å²) in [7, 11) is 0. The number of nitrogens with one attached hydrogen (secondary N) is 2. The summed E-state index contributed by atoms with van der Waals surface area (Å²) in [6, 6.07) is 9.29. The maximum absolute atomic E-state index is 12.4. The van der Waals surface area contributed by atoms with E-state index in [2.05, 4.69) is 26.5 Å². The fourth-order valence-corrected chi connectivity index (χ4v) is 4.28. The van der Waals surface area contributed by atoms with Gasteiger partial charge >= 0.3 is 0 Å². The quantitative estimate of drug-likeness (QED) is 0.476. The highest BCUT2D eigenvalue weighted by atomic mass is 35.5. The van der Waals surface area contributed by atoms with Crippen LogP contribution in [0.1, 0.15) is 25.7 Å². The zero-order valence-corrected chi connectivity index (χ0v) is 16.9. The summed E-state index contributed by atoms with van der Waals surface area (Å²) < 4.78 is 1.53. The maximum atomic E-state index is 12.4. The Bertz CT molecular complexity index is 1180. The molecule has 4 rings (SSSR count). The monoisotopic (exact) mass is 428 g/mol. The molecule has 148 valence electrons. The molecule has 0 radical (unpaired) electrons. The molecule has 2 N–H and O–H groups in total. The lowest BCUT2D eigenvalue weighted by Gasteiger charge is -2.21. The summed E-state index contributed by atoms with van der Waals surface area (Å²) >= 11 is 7.16. The van der Waals surface area contributed by atoms with Crippen LogP contribution in [0.25, 0.3) is 16.7 Å². The van der Waals surface area contributed by atoms with Crippen LogP contribution < -0.4 is 10.9 Å². The topological polar surface area (TPSA) is 116 Å². The summed E-state index contributed by atoms with van der Waals surface area (Å²) in [6.07, 6.45) is 4.64. The molecule has 1 saturated carbocycles. The standard InChI is InChI=1S/C19H17ClN6O2S/c20-12-4-3-5-13(8-12)26-16-14(9-22-26)17(28)24-18(23-16)29-10-15(27)25-19(11-21)6-1-2-7-19/h3-5,8-9H,1-2,6-7,10H2,(H,25,27)(H,23,24,28). The molecule has 1 aromatic carbocycles. The van der Waals surface area contributed by atoms with Crippen LogP contribution in [0.3, 0.4) is 0 Å².